The number of amides is 4. The first-order valence-corrected chi connectivity index (χ1v) is 9.84. The highest BCUT2D eigenvalue weighted by Crippen LogP contribution is 2.34. The van der Waals surface area contributed by atoms with Crippen LogP contribution in [-0.2, 0) is 0 Å². The first kappa shape index (κ1) is 23.1. The highest BCUT2D eigenvalue weighted by molar-refractivity contribution is 6.10. The third-order valence-electron chi connectivity index (χ3n) is 4.59. The fourth-order valence-electron chi connectivity index (χ4n) is 3.01. The lowest BCUT2D eigenvalue weighted by Gasteiger charge is -2.14. The molecule has 3 aromatic rings. The van der Waals surface area contributed by atoms with Crippen LogP contribution in [0, 0.1) is 0 Å². The Labute approximate surface area is 190 Å². The van der Waals surface area contributed by atoms with E-state index in [2.05, 4.69) is 16.0 Å². The summed E-state index contributed by atoms with van der Waals surface area (Å²) in [6.45, 7) is 0. The molecule has 3 aromatic carbocycles. The molecule has 4 amide bonds. The van der Waals surface area contributed by atoms with E-state index in [9.17, 15) is 14.4 Å². The number of benzene rings is 3. The molecule has 33 heavy (non-hydrogen) atoms. The molecule has 170 valence electrons. The summed E-state index contributed by atoms with van der Waals surface area (Å²) in [6.07, 6.45) is 0. The lowest BCUT2D eigenvalue weighted by atomic mass is 10.1. The van der Waals surface area contributed by atoms with Crippen molar-refractivity contribution in [3.63, 3.8) is 0 Å². The largest absolute Gasteiger partial charge is 0.496 e. The van der Waals surface area contributed by atoms with Gasteiger partial charge in [0.2, 0.25) is 0 Å². The Balaban J connectivity index is 1.68. The van der Waals surface area contributed by atoms with Crippen molar-refractivity contribution in [1.82, 2.24) is 5.32 Å². The molecule has 9 nitrogen and oxygen atoms in total. The average Bonchev–Trinajstić information content (AvgIpc) is 2.83. The molecular weight excluding hydrogens is 426 g/mol. The fourth-order valence-corrected chi connectivity index (χ4v) is 3.01. The molecule has 0 radical (unpaired) electrons. The third kappa shape index (κ3) is 5.79. The first-order valence-electron chi connectivity index (χ1n) is 9.84. The van der Waals surface area contributed by atoms with Crippen molar-refractivity contribution in [1.29, 1.82) is 0 Å². The van der Waals surface area contributed by atoms with E-state index in [-0.39, 0.29) is 17.2 Å². The maximum absolute atomic E-state index is 12.7. The van der Waals surface area contributed by atoms with Crippen molar-refractivity contribution in [3.05, 3.63) is 77.9 Å². The number of carbonyl (C=O) groups excluding carboxylic acids is 3. The third-order valence-corrected chi connectivity index (χ3v) is 4.59. The van der Waals surface area contributed by atoms with E-state index < -0.39 is 11.9 Å². The Bertz CT molecular complexity index is 1160. The summed E-state index contributed by atoms with van der Waals surface area (Å²) in [5.41, 5.74) is 1.46. The number of imide groups is 1. The lowest BCUT2D eigenvalue weighted by Crippen LogP contribution is -2.34. The molecule has 0 bridgehead atoms. The minimum absolute atomic E-state index is 0.0918. The first-order chi connectivity index (χ1) is 15.9. The second kappa shape index (κ2) is 10.7. The van der Waals surface area contributed by atoms with Crippen LogP contribution in [-0.4, -0.2) is 39.2 Å². The van der Waals surface area contributed by atoms with E-state index >= 15 is 0 Å². The molecule has 3 rings (SSSR count). The standard InChI is InChI=1S/C24H23N3O6/c1-31-19-14-21(33-3)20(32-2)13-18(19)23(29)27-24(30)26-17-11-7-10-16(12-17)25-22(28)15-8-5-4-6-9-15/h4-14H,1-3H3,(H,25,28)(H2,26,27,29,30). The Kier molecular flexibility index (Phi) is 7.48. The molecule has 0 spiro atoms. The van der Waals surface area contributed by atoms with Crippen LogP contribution in [0.5, 0.6) is 17.2 Å². The fraction of sp³-hybridized carbons (Fsp3) is 0.125. The molecule has 0 aromatic heterocycles. The second-order valence-corrected chi connectivity index (χ2v) is 6.72. The highest BCUT2D eigenvalue weighted by atomic mass is 16.5. The van der Waals surface area contributed by atoms with Gasteiger partial charge in [-0.3, -0.25) is 14.9 Å². The normalized spacial score (nSPS) is 10.0. The predicted octanol–water partition coefficient (Wildman–Crippen LogP) is 3.93. The number of carbonyl (C=O) groups is 3. The average molecular weight is 449 g/mol. The Morgan fingerprint density at radius 1 is 0.636 bits per heavy atom. The van der Waals surface area contributed by atoms with Gasteiger partial charge in [0.05, 0.1) is 26.9 Å². The predicted molar refractivity (Wildman–Crippen MR) is 123 cm³/mol. The van der Waals surface area contributed by atoms with Gasteiger partial charge >= 0.3 is 6.03 Å². The number of ether oxygens (including phenoxy) is 3. The monoisotopic (exact) mass is 449 g/mol. The van der Waals surface area contributed by atoms with Gasteiger partial charge in [-0.05, 0) is 30.3 Å². The van der Waals surface area contributed by atoms with E-state index in [0.717, 1.165) is 0 Å². The Morgan fingerprint density at radius 3 is 1.88 bits per heavy atom. The second-order valence-electron chi connectivity index (χ2n) is 6.72. The molecule has 3 N–H and O–H groups in total. The molecule has 0 heterocycles. The van der Waals surface area contributed by atoms with Crippen LogP contribution in [0.1, 0.15) is 20.7 Å². The molecule has 9 heteroatoms. The van der Waals surface area contributed by atoms with Gasteiger partial charge in [0, 0.05) is 29.1 Å². The SMILES string of the molecule is COc1cc(OC)c(C(=O)NC(=O)Nc2cccc(NC(=O)c3ccccc3)c2)cc1OC. The van der Waals surface area contributed by atoms with Gasteiger partial charge in [0.1, 0.15) is 5.75 Å². The summed E-state index contributed by atoms with van der Waals surface area (Å²) < 4.78 is 15.6. The number of hydrogen-bond donors (Lipinski definition) is 3. The molecule has 0 atom stereocenters. The summed E-state index contributed by atoms with van der Waals surface area (Å²) in [5.74, 6) is -0.0780. The van der Waals surface area contributed by atoms with Crippen molar-refractivity contribution < 1.29 is 28.6 Å². The van der Waals surface area contributed by atoms with Crippen LogP contribution in [0.4, 0.5) is 16.2 Å². The van der Waals surface area contributed by atoms with Crippen LogP contribution in [0.15, 0.2) is 66.7 Å². The molecule has 0 unspecified atom stereocenters. The lowest BCUT2D eigenvalue weighted by molar-refractivity contribution is 0.0962. The van der Waals surface area contributed by atoms with E-state index in [0.29, 0.717) is 28.4 Å². The number of anilines is 2. The van der Waals surface area contributed by atoms with Crippen LogP contribution < -0.4 is 30.2 Å². The molecule has 0 fully saturated rings. The summed E-state index contributed by atoms with van der Waals surface area (Å²) in [7, 11) is 4.29. The number of rotatable bonds is 7. The van der Waals surface area contributed by atoms with Crippen molar-refractivity contribution in [2.24, 2.45) is 0 Å². The number of nitrogens with one attached hydrogen (secondary N) is 3. The van der Waals surface area contributed by atoms with Crippen molar-refractivity contribution >= 4 is 29.2 Å². The summed E-state index contributed by atoms with van der Waals surface area (Å²) in [5, 5.41) is 7.56. The highest BCUT2D eigenvalue weighted by Gasteiger charge is 2.19. The number of methoxy groups -OCH3 is 3. The molecule has 0 aliphatic rings. The van der Waals surface area contributed by atoms with Gasteiger partial charge in [0.25, 0.3) is 11.8 Å². The minimum Gasteiger partial charge on any atom is -0.496 e. The molecular formula is C24H23N3O6. The van der Waals surface area contributed by atoms with Gasteiger partial charge < -0.3 is 24.8 Å². The molecule has 0 saturated carbocycles. The van der Waals surface area contributed by atoms with Gasteiger partial charge in [0.15, 0.2) is 11.5 Å². The molecule has 0 aliphatic heterocycles. The summed E-state index contributed by atoms with van der Waals surface area (Å²) in [4.78, 5) is 37.4. The van der Waals surface area contributed by atoms with E-state index in [1.165, 1.54) is 33.5 Å². The zero-order chi connectivity index (χ0) is 23.8. The maximum Gasteiger partial charge on any atom is 0.326 e. The number of hydrogen-bond acceptors (Lipinski definition) is 6. The van der Waals surface area contributed by atoms with Crippen molar-refractivity contribution in [2.75, 3.05) is 32.0 Å². The van der Waals surface area contributed by atoms with Gasteiger partial charge in [-0.1, -0.05) is 24.3 Å². The van der Waals surface area contributed by atoms with Gasteiger partial charge in [-0.15, -0.1) is 0 Å². The van der Waals surface area contributed by atoms with Crippen molar-refractivity contribution in [2.45, 2.75) is 0 Å². The summed E-state index contributed by atoms with van der Waals surface area (Å²) >= 11 is 0. The minimum atomic E-state index is -0.761. The van der Waals surface area contributed by atoms with E-state index in [1.807, 2.05) is 6.07 Å². The topological polar surface area (TPSA) is 115 Å². The Morgan fingerprint density at radius 2 is 1.24 bits per heavy atom. The zero-order valence-electron chi connectivity index (χ0n) is 18.3. The maximum atomic E-state index is 12.7. The summed E-state index contributed by atoms with van der Waals surface area (Å²) in [6, 6.07) is 17.4. The molecule has 0 saturated heterocycles. The van der Waals surface area contributed by atoms with E-state index in [4.69, 9.17) is 14.2 Å². The van der Waals surface area contributed by atoms with Crippen molar-refractivity contribution in [3.8, 4) is 17.2 Å². The van der Waals surface area contributed by atoms with Gasteiger partial charge in [-0.25, -0.2) is 4.79 Å². The van der Waals surface area contributed by atoms with Crippen LogP contribution in [0.3, 0.4) is 0 Å². The molecule has 0 aliphatic carbocycles. The smallest absolute Gasteiger partial charge is 0.326 e. The van der Waals surface area contributed by atoms with Crippen LogP contribution in [0.2, 0.25) is 0 Å². The quantitative estimate of drug-likeness (QED) is 0.504. The number of urea groups is 1. The van der Waals surface area contributed by atoms with Crippen LogP contribution >= 0.6 is 0 Å². The van der Waals surface area contributed by atoms with Crippen LogP contribution in [0.25, 0.3) is 0 Å². The zero-order valence-corrected chi connectivity index (χ0v) is 18.3. The van der Waals surface area contributed by atoms with E-state index in [1.54, 1.807) is 48.5 Å². The van der Waals surface area contributed by atoms with Gasteiger partial charge in [-0.2, -0.15) is 0 Å². The Hall–Kier alpha value is -4.53.